The van der Waals surface area contributed by atoms with Crippen LogP contribution in [0.25, 0.3) is 33.6 Å². The Morgan fingerprint density at radius 2 is 1.75 bits per heavy atom. The summed E-state index contributed by atoms with van der Waals surface area (Å²) < 4.78 is 11.4. The van der Waals surface area contributed by atoms with Crippen LogP contribution in [0.2, 0.25) is 0 Å². The van der Waals surface area contributed by atoms with Crippen LogP contribution < -0.4 is 15.8 Å². The minimum Gasteiger partial charge on any atom is -0.497 e. The van der Waals surface area contributed by atoms with E-state index in [1.54, 1.807) is 19.2 Å². The number of fused-ring (bicyclic) bond motifs is 1. The van der Waals surface area contributed by atoms with Crippen LogP contribution in [-0.4, -0.2) is 55.1 Å². The largest absolute Gasteiger partial charge is 0.497 e. The van der Waals surface area contributed by atoms with Crippen LogP contribution in [0.4, 0.5) is 5.82 Å². The summed E-state index contributed by atoms with van der Waals surface area (Å²) in [7, 11) is 5.55. The number of likely N-dealkylation sites (N-methyl/N-ethyl adjacent to an activating group) is 1. The summed E-state index contributed by atoms with van der Waals surface area (Å²) in [6.07, 6.45) is 1.38. The number of methoxy groups -OCH3 is 1. The number of hydrogen-bond acceptors (Lipinski definition) is 7. The van der Waals surface area contributed by atoms with Gasteiger partial charge < -0.3 is 25.1 Å². The fourth-order valence-electron chi connectivity index (χ4n) is 3.46. The van der Waals surface area contributed by atoms with E-state index in [1.165, 1.54) is 6.33 Å². The van der Waals surface area contributed by atoms with E-state index < -0.39 is 0 Å². The van der Waals surface area contributed by atoms with Crippen LogP contribution in [0.5, 0.6) is 5.75 Å². The van der Waals surface area contributed by atoms with E-state index in [0.29, 0.717) is 34.8 Å². The third kappa shape index (κ3) is 4.26. The van der Waals surface area contributed by atoms with Crippen LogP contribution >= 0.6 is 0 Å². The molecule has 2 heterocycles. The monoisotopic (exact) mass is 431 g/mol. The molecule has 164 valence electrons. The number of hydrogen-bond donors (Lipinski definition) is 2. The highest BCUT2D eigenvalue weighted by atomic mass is 16.5. The van der Waals surface area contributed by atoms with E-state index in [2.05, 4.69) is 15.3 Å². The molecule has 0 aliphatic carbocycles. The summed E-state index contributed by atoms with van der Waals surface area (Å²) in [5, 5.41) is 3.57. The van der Waals surface area contributed by atoms with E-state index in [9.17, 15) is 4.79 Å². The highest BCUT2D eigenvalue weighted by molar-refractivity contribution is 6.05. The van der Waals surface area contributed by atoms with Gasteiger partial charge in [-0.2, -0.15) is 0 Å². The molecule has 1 amide bonds. The highest BCUT2D eigenvalue weighted by Gasteiger charge is 2.21. The second kappa shape index (κ2) is 9.07. The van der Waals surface area contributed by atoms with Gasteiger partial charge >= 0.3 is 0 Å². The Morgan fingerprint density at radius 3 is 2.41 bits per heavy atom. The lowest BCUT2D eigenvalue weighted by Crippen LogP contribution is -2.31. The molecule has 4 aromatic rings. The second-order valence-electron chi connectivity index (χ2n) is 7.61. The molecule has 8 nitrogen and oxygen atoms in total. The molecule has 8 heteroatoms. The predicted molar refractivity (Wildman–Crippen MR) is 125 cm³/mol. The molecule has 3 N–H and O–H groups in total. The number of nitrogens with one attached hydrogen (secondary N) is 1. The zero-order valence-corrected chi connectivity index (χ0v) is 18.3. The molecule has 0 saturated heterocycles. The molecule has 0 spiro atoms. The minimum atomic E-state index is -0.117. The Labute approximate surface area is 186 Å². The minimum absolute atomic E-state index is 0.117. The number of carbonyl (C=O) groups is 1. The Bertz CT molecular complexity index is 1230. The second-order valence-corrected chi connectivity index (χ2v) is 7.61. The number of benzene rings is 2. The maximum atomic E-state index is 12.4. The number of rotatable bonds is 7. The van der Waals surface area contributed by atoms with Crippen molar-refractivity contribution in [1.29, 1.82) is 0 Å². The lowest BCUT2D eigenvalue weighted by atomic mass is 9.98. The number of carbonyl (C=O) groups excluding carboxylic acids is 1. The van der Waals surface area contributed by atoms with Crippen molar-refractivity contribution in [2.24, 2.45) is 0 Å². The first-order valence-electron chi connectivity index (χ1n) is 10.2. The summed E-state index contributed by atoms with van der Waals surface area (Å²) in [5.74, 6) is 1.58. The van der Waals surface area contributed by atoms with E-state index >= 15 is 0 Å². The van der Waals surface area contributed by atoms with Gasteiger partial charge in [-0.1, -0.05) is 24.3 Å². The number of amides is 1. The molecule has 0 aliphatic heterocycles. The van der Waals surface area contributed by atoms with E-state index in [1.807, 2.05) is 55.4 Å². The van der Waals surface area contributed by atoms with Crippen molar-refractivity contribution in [3.8, 4) is 28.2 Å². The highest BCUT2D eigenvalue weighted by Crippen LogP contribution is 2.42. The van der Waals surface area contributed by atoms with Gasteiger partial charge in [-0.05, 0) is 43.9 Å². The van der Waals surface area contributed by atoms with Crippen molar-refractivity contribution >= 4 is 22.8 Å². The third-order valence-corrected chi connectivity index (χ3v) is 5.15. The summed E-state index contributed by atoms with van der Waals surface area (Å²) in [4.78, 5) is 22.8. The fraction of sp³-hybridized carbons (Fsp3) is 0.208. The molecular weight excluding hydrogens is 406 g/mol. The Hall–Kier alpha value is -3.91. The summed E-state index contributed by atoms with van der Waals surface area (Å²) >= 11 is 0. The van der Waals surface area contributed by atoms with Crippen LogP contribution in [0.1, 0.15) is 10.4 Å². The van der Waals surface area contributed by atoms with Gasteiger partial charge in [0.05, 0.1) is 12.5 Å². The molecule has 0 aliphatic rings. The Kier molecular flexibility index (Phi) is 6.04. The summed E-state index contributed by atoms with van der Waals surface area (Å²) in [6.45, 7) is 1.35. The summed E-state index contributed by atoms with van der Waals surface area (Å²) in [6, 6.07) is 14.9. The standard InChI is InChI=1S/C24H25N5O3/c1-29(2)13-12-26-23(30)17-6-4-16(5-7-17)21-19(15-8-10-18(31-3)11-9-15)20-22(25)27-14-28-24(20)32-21/h4-11,14H,12-13H2,1-3H3,(H,26,30)(H2,25,27,28). The van der Waals surface area contributed by atoms with Crippen LogP contribution in [-0.2, 0) is 0 Å². The van der Waals surface area contributed by atoms with Crippen molar-refractivity contribution in [2.75, 3.05) is 40.0 Å². The van der Waals surface area contributed by atoms with Gasteiger partial charge in [0.15, 0.2) is 0 Å². The maximum Gasteiger partial charge on any atom is 0.251 e. The number of furan rings is 1. The van der Waals surface area contributed by atoms with Crippen molar-refractivity contribution in [1.82, 2.24) is 20.2 Å². The van der Waals surface area contributed by atoms with E-state index in [4.69, 9.17) is 14.9 Å². The number of aromatic nitrogens is 2. The normalized spacial score (nSPS) is 11.1. The number of nitrogen functional groups attached to an aromatic ring is 1. The smallest absolute Gasteiger partial charge is 0.251 e. The van der Waals surface area contributed by atoms with Crippen molar-refractivity contribution < 1.29 is 13.9 Å². The fourth-order valence-corrected chi connectivity index (χ4v) is 3.46. The lowest BCUT2D eigenvalue weighted by Gasteiger charge is -2.10. The first-order chi connectivity index (χ1) is 15.5. The molecular formula is C24H25N5O3. The number of anilines is 1. The number of nitrogens with two attached hydrogens (primary N) is 1. The van der Waals surface area contributed by atoms with Gasteiger partial charge in [0.2, 0.25) is 5.71 Å². The molecule has 0 bridgehead atoms. The molecule has 0 atom stereocenters. The average molecular weight is 431 g/mol. The number of nitrogens with zero attached hydrogens (tertiary/aromatic N) is 3. The number of ether oxygens (including phenoxy) is 1. The van der Waals surface area contributed by atoms with Gasteiger partial charge in [-0.25, -0.2) is 9.97 Å². The molecule has 2 aromatic carbocycles. The molecule has 32 heavy (non-hydrogen) atoms. The van der Waals surface area contributed by atoms with Gasteiger partial charge in [0, 0.05) is 29.8 Å². The zero-order valence-electron chi connectivity index (χ0n) is 18.3. The quantitative estimate of drug-likeness (QED) is 0.462. The van der Waals surface area contributed by atoms with Crippen LogP contribution in [0.15, 0.2) is 59.3 Å². The predicted octanol–water partition coefficient (Wildman–Crippen LogP) is 3.44. The van der Waals surface area contributed by atoms with Gasteiger partial charge in [0.1, 0.15) is 23.7 Å². The molecule has 0 saturated carbocycles. The van der Waals surface area contributed by atoms with Crippen LogP contribution in [0, 0.1) is 0 Å². The molecule has 0 unspecified atom stereocenters. The van der Waals surface area contributed by atoms with Crippen molar-refractivity contribution in [2.45, 2.75) is 0 Å². The van der Waals surface area contributed by atoms with Crippen LogP contribution in [0.3, 0.4) is 0 Å². The Morgan fingerprint density at radius 1 is 1.06 bits per heavy atom. The zero-order chi connectivity index (χ0) is 22.7. The van der Waals surface area contributed by atoms with Crippen molar-refractivity contribution in [3.05, 3.63) is 60.4 Å². The molecule has 4 rings (SSSR count). The van der Waals surface area contributed by atoms with Crippen molar-refractivity contribution in [3.63, 3.8) is 0 Å². The lowest BCUT2D eigenvalue weighted by molar-refractivity contribution is 0.0951. The third-order valence-electron chi connectivity index (χ3n) is 5.15. The van der Waals surface area contributed by atoms with E-state index in [0.717, 1.165) is 29.0 Å². The van der Waals surface area contributed by atoms with E-state index in [-0.39, 0.29) is 5.91 Å². The maximum absolute atomic E-state index is 12.4. The van der Waals surface area contributed by atoms with Gasteiger partial charge in [-0.3, -0.25) is 4.79 Å². The molecule has 2 aromatic heterocycles. The molecule has 0 fully saturated rings. The average Bonchev–Trinajstić information content (AvgIpc) is 3.20. The summed E-state index contributed by atoms with van der Waals surface area (Å²) in [5.41, 5.74) is 9.66. The Balaban J connectivity index is 1.72. The SMILES string of the molecule is COc1ccc(-c2c(-c3ccc(C(=O)NCCN(C)C)cc3)oc3ncnc(N)c23)cc1. The molecule has 0 radical (unpaired) electrons. The topological polar surface area (TPSA) is 107 Å². The first-order valence-corrected chi connectivity index (χ1v) is 10.2. The first kappa shape index (κ1) is 21.3. The van der Waals surface area contributed by atoms with Gasteiger partial charge in [-0.15, -0.1) is 0 Å². The van der Waals surface area contributed by atoms with Gasteiger partial charge in [0.25, 0.3) is 5.91 Å².